The zero-order valence-electron chi connectivity index (χ0n) is 12.4. The van der Waals surface area contributed by atoms with Crippen LogP contribution in [0.1, 0.15) is 18.4 Å². The second-order valence-electron chi connectivity index (χ2n) is 5.29. The summed E-state index contributed by atoms with van der Waals surface area (Å²) in [5.74, 6) is 0.414. The minimum atomic E-state index is -2.74. The van der Waals surface area contributed by atoms with Gasteiger partial charge < -0.3 is 4.74 Å². The van der Waals surface area contributed by atoms with Crippen LogP contribution in [0.4, 0.5) is 16.2 Å². The molecule has 2 heterocycles. The van der Waals surface area contributed by atoms with Gasteiger partial charge in [0.15, 0.2) is 0 Å². The van der Waals surface area contributed by atoms with Gasteiger partial charge in [0, 0.05) is 18.7 Å². The summed E-state index contributed by atoms with van der Waals surface area (Å²) in [5, 5.41) is 0. The molecule has 0 bridgehead atoms. The molecule has 1 amide bonds. The zero-order valence-corrected chi connectivity index (χ0v) is 14.0. The summed E-state index contributed by atoms with van der Waals surface area (Å²) in [5.41, 5.74) is 2.63. The normalized spacial score (nSPS) is 20.9. The third-order valence-corrected chi connectivity index (χ3v) is 5.97. The van der Waals surface area contributed by atoms with Crippen LogP contribution in [0.3, 0.4) is 0 Å². The highest BCUT2D eigenvalue weighted by Crippen LogP contribution is 2.52. The van der Waals surface area contributed by atoms with Crippen LogP contribution in [-0.4, -0.2) is 41.2 Å². The average Bonchev–Trinajstić information content (AvgIpc) is 2.90. The van der Waals surface area contributed by atoms with Crippen molar-refractivity contribution in [3.63, 3.8) is 0 Å². The molecule has 0 aromatic heterocycles. The average molecular weight is 349 g/mol. The molecule has 8 heteroatoms. The molecule has 3 rings (SSSR count). The topological polar surface area (TPSA) is 73.2 Å². The molecule has 124 valence electrons. The van der Waals surface area contributed by atoms with Crippen LogP contribution in [0.25, 0.3) is 0 Å². The Kier molecular flexibility index (Phi) is 5.11. The van der Waals surface area contributed by atoms with E-state index in [-0.39, 0.29) is 18.5 Å². The molecule has 6 nitrogen and oxygen atoms in total. The van der Waals surface area contributed by atoms with Crippen molar-refractivity contribution in [3.05, 3.63) is 23.8 Å². The van der Waals surface area contributed by atoms with E-state index in [1.54, 1.807) is 9.21 Å². The van der Waals surface area contributed by atoms with Gasteiger partial charge in [0.25, 0.3) is 0 Å². The number of hydrogen-bond acceptors (Lipinski definition) is 5. The summed E-state index contributed by atoms with van der Waals surface area (Å²) >= 11 is 0. The SMILES string of the molecule is COC(=O)N1CCc2c1cccc2N1CCCCS1(O)O.Cl. The van der Waals surface area contributed by atoms with E-state index in [0.717, 1.165) is 29.8 Å². The number of carbonyl (C=O) groups is 1. The number of methoxy groups -OCH3 is 1. The lowest BCUT2D eigenvalue weighted by Gasteiger charge is -2.48. The monoisotopic (exact) mass is 348 g/mol. The molecular formula is C14H21ClN2O4S. The summed E-state index contributed by atoms with van der Waals surface area (Å²) in [6.07, 6.45) is 2.10. The molecule has 0 spiro atoms. The molecule has 22 heavy (non-hydrogen) atoms. The number of carbonyl (C=O) groups excluding carboxylic acids is 1. The van der Waals surface area contributed by atoms with E-state index in [2.05, 4.69) is 0 Å². The van der Waals surface area contributed by atoms with Gasteiger partial charge in [-0.15, -0.1) is 23.2 Å². The van der Waals surface area contributed by atoms with E-state index in [4.69, 9.17) is 4.74 Å². The van der Waals surface area contributed by atoms with Crippen molar-refractivity contribution in [1.82, 2.24) is 0 Å². The van der Waals surface area contributed by atoms with E-state index in [0.29, 0.717) is 25.3 Å². The Morgan fingerprint density at radius 1 is 1.23 bits per heavy atom. The molecule has 0 atom stereocenters. The molecule has 0 radical (unpaired) electrons. The fraction of sp³-hybridized carbons (Fsp3) is 0.500. The number of fused-ring (bicyclic) bond motifs is 1. The van der Waals surface area contributed by atoms with Crippen LogP contribution in [0.15, 0.2) is 18.2 Å². The number of ether oxygens (including phenoxy) is 1. The van der Waals surface area contributed by atoms with Crippen molar-refractivity contribution in [2.45, 2.75) is 19.3 Å². The molecule has 2 aliphatic heterocycles. The molecule has 0 aliphatic carbocycles. The van der Waals surface area contributed by atoms with Gasteiger partial charge >= 0.3 is 6.09 Å². The zero-order chi connectivity index (χ0) is 15.0. The van der Waals surface area contributed by atoms with Gasteiger partial charge in [-0.3, -0.25) is 18.3 Å². The first kappa shape index (κ1) is 17.2. The second-order valence-corrected chi connectivity index (χ2v) is 7.41. The molecule has 2 N–H and O–H groups in total. The van der Waals surface area contributed by atoms with Crippen LogP contribution >= 0.6 is 23.2 Å². The standard InChI is InChI=1S/C14H20N2O4S.ClH/c1-20-14(17)15-9-7-11-12(15)5-4-6-13(11)16-8-2-3-10-21(16,18)19;/h4-6,18-19H,2-3,7-10H2,1H3;1H. The Bertz CT molecular complexity index is 570. The first-order valence-corrected chi connectivity index (χ1v) is 8.73. The van der Waals surface area contributed by atoms with Crippen LogP contribution in [0, 0.1) is 0 Å². The van der Waals surface area contributed by atoms with Gasteiger partial charge in [-0.2, -0.15) is 0 Å². The molecule has 2 aliphatic rings. The smallest absolute Gasteiger partial charge is 0.414 e. The predicted octanol–water partition coefficient (Wildman–Crippen LogP) is 3.50. The second kappa shape index (κ2) is 6.54. The van der Waals surface area contributed by atoms with Gasteiger partial charge in [-0.05, 0) is 31.4 Å². The first-order valence-electron chi connectivity index (χ1n) is 7.05. The highest BCUT2D eigenvalue weighted by atomic mass is 35.5. The van der Waals surface area contributed by atoms with Gasteiger partial charge in [-0.25, -0.2) is 4.79 Å². The summed E-state index contributed by atoms with van der Waals surface area (Å²) in [6, 6.07) is 5.62. The molecular weight excluding hydrogens is 328 g/mol. The fourth-order valence-corrected chi connectivity index (χ4v) is 4.75. The van der Waals surface area contributed by atoms with Gasteiger partial charge in [0.05, 0.1) is 24.2 Å². The lowest BCUT2D eigenvalue weighted by Crippen LogP contribution is -2.34. The Morgan fingerprint density at radius 3 is 2.64 bits per heavy atom. The van der Waals surface area contributed by atoms with Gasteiger partial charge in [0.2, 0.25) is 0 Å². The summed E-state index contributed by atoms with van der Waals surface area (Å²) in [7, 11) is -1.38. The van der Waals surface area contributed by atoms with Crippen LogP contribution in [0.5, 0.6) is 0 Å². The summed E-state index contributed by atoms with van der Waals surface area (Å²) < 4.78 is 27.1. The number of halogens is 1. The molecule has 0 saturated carbocycles. The quantitative estimate of drug-likeness (QED) is 0.812. The lowest BCUT2D eigenvalue weighted by atomic mass is 10.1. The summed E-state index contributed by atoms with van der Waals surface area (Å²) in [6.45, 7) is 1.20. The van der Waals surface area contributed by atoms with E-state index < -0.39 is 10.8 Å². The van der Waals surface area contributed by atoms with Crippen LogP contribution < -0.4 is 9.21 Å². The van der Waals surface area contributed by atoms with E-state index >= 15 is 0 Å². The third kappa shape index (κ3) is 2.86. The minimum Gasteiger partial charge on any atom is -0.452 e. The molecule has 0 unspecified atom stereocenters. The van der Waals surface area contributed by atoms with E-state index in [9.17, 15) is 13.9 Å². The number of nitrogens with zero attached hydrogens (tertiary/aromatic N) is 2. The number of benzene rings is 1. The van der Waals surface area contributed by atoms with E-state index in [1.807, 2.05) is 18.2 Å². The van der Waals surface area contributed by atoms with Crippen molar-refractivity contribution in [2.24, 2.45) is 0 Å². The Morgan fingerprint density at radius 2 is 1.95 bits per heavy atom. The number of amides is 1. The number of anilines is 2. The molecule has 1 fully saturated rings. The number of hydrogen-bond donors (Lipinski definition) is 2. The molecule has 1 aromatic carbocycles. The Labute approximate surface area is 137 Å². The van der Waals surface area contributed by atoms with Crippen molar-refractivity contribution in [2.75, 3.05) is 35.2 Å². The third-order valence-electron chi connectivity index (χ3n) is 4.05. The minimum absolute atomic E-state index is 0. The van der Waals surface area contributed by atoms with Crippen molar-refractivity contribution in [1.29, 1.82) is 0 Å². The summed E-state index contributed by atoms with van der Waals surface area (Å²) in [4.78, 5) is 13.4. The van der Waals surface area contributed by atoms with Crippen molar-refractivity contribution >= 4 is 40.7 Å². The van der Waals surface area contributed by atoms with Gasteiger partial charge in [0.1, 0.15) is 0 Å². The van der Waals surface area contributed by atoms with Crippen molar-refractivity contribution < 1.29 is 18.6 Å². The van der Waals surface area contributed by atoms with Crippen LogP contribution in [-0.2, 0) is 11.2 Å². The van der Waals surface area contributed by atoms with Gasteiger partial charge in [-0.1, -0.05) is 6.07 Å². The highest BCUT2D eigenvalue weighted by molar-refractivity contribution is 8.25. The Balaban J connectivity index is 0.00000176. The largest absolute Gasteiger partial charge is 0.452 e. The first-order chi connectivity index (χ1) is 10.0. The maximum atomic E-state index is 11.8. The highest BCUT2D eigenvalue weighted by Gasteiger charge is 2.33. The number of rotatable bonds is 1. The lowest BCUT2D eigenvalue weighted by molar-refractivity contribution is 0.179. The maximum absolute atomic E-state index is 11.8. The fourth-order valence-electron chi connectivity index (χ4n) is 3.03. The predicted molar refractivity (Wildman–Crippen MR) is 91.4 cm³/mol. The molecule has 1 saturated heterocycles. The maximum Gasteiger partial charge on any atom is 0.414 e. The Hall–Kier alpha value is -1.15. The van der Waals surface area contributed by atoms with Crippen molar-refractivity contribution in [3.8, 4) is 0 Å². The molecule has 1 aromatic rings. The van der Waals surface area contributed by atoms with E-state index in [1.165, 1.54) is 7.11 Å². The van der Waals surface area contributed by atoms with Crippen LogP contribution in [0.2, 0.25) is 0 Å².